The SMILES string of the molecule is O=C(O)c1ccccc1OCCN1CCC(c2cn(CCCC3CCCO3)c3ccccc23)CC1. The second-order valence-corrected chi connectivity index (χ2v) is 9.84. The summed E-state index contributed by atoms with van der Waals surface area (Å²) in [7, 11) is 0. The van der Waals surface area contributed by atoms with E-state index in [2.05, 4.69) is 39.9 Å². The average Bonchev–Trinajstić information content (AvgIpc) is 3.53. The number of piperidine rings is 1. The minimum absolute atomic E-state index is 0.221. The van der Waals surface area contributed by atoms with E-state index < -0.39 is 5.97 Å². The molecule has 35 heavy (non-hydrogen) atoms. The van der Waals surface area contributed by atoms with Crippen molar-refractivity contribution < 1.29 is 19.4 Å². The highest BCUT2D eigenvalue weighted by atomic mass is 16.5. The van der Waals surface area contributed by atoms with E-state index in [0.717, 1.165) is 58.5 Å². The third-order valence-electron chi connectivity index (χ3n) is 7.58. The van der Waals surface area contributed by atoms with Crippen molar-refractivity contribution in [1.82, 2.24) is 9.47 Å². The fourth-order valence-electron chi connectivity index (χ4n) is 5.67. The smallest absolute Gasteiger partial charge is 0.339 e. The first-order valence-corrected chi connectivity index (χ1v) is 13.1. The number of hydrogen-bond donors (Lipinski definition) is 1. The molecule has 6 nitrogen and oxygen atoms in total. The number of benzene rings is 2. The standard InChI is InChI=1S/C29H36N2O4/c32-29(33)25-10-2-4-12-28(25)35-20-18-30-16-13-22(14-17-30)26-21-31(27-11-3-1-9-24(26)27)15-5-7-23-8-6-19-34-23/h1-4,9-12,21-23H,5-8,13-20H2,(H,32,33). The number of hydrogen-bond acceptors (Lipinski definition) is 4. The number of likely N-dealkylation sites (tertiary alicyclic amines) is 1. The number of ether oxygens (including phenoxy) is 2. The third kappa shape index (κ3) is 5.71. The summed E-state index contributed by atoms with van der Waals surface area (Å²) in [6.07, 6.45) is 9.88. The molecule has 2 saturated heterocycles. The van der Waals surface area contributed by atoms with Gasteiger partial charge in [0.15, 0.2) is 0 Å². The lowest BCUT2D eigenvalue weighted by Crippen LogP contribution is -2.35. The normalized spacial score (nSPS) is 19.4. The molecule has 2 aliphatic heterocycles. The van der Waals surface area contributed by atoms with Crippen LogP contribution in [0.4, 0.5) is 0 Å². The second kappa shape index (κ2) is 11.3. The van der Waals surface area contributed by atoms with Crippen LogP contribution >= 0.6 is 0 Å². The number of nitrogens with zero attached hydrogens (tertiary/aromatic N) is 2. The summed E-state index contributed by atoms with van der Waals surface area (Å²) in [4.78, 5) is 13.8. The molecule has 2 aliphatic rings. The van der Waals surface area contributed by atoms with Crippen molar-refractivity contribution in [2.45, 2.75) is 57.1 Å². The molecule has 0 aliphatic carbocycles. The molecule has 186 valence electrons. The summed E-state index contributed by atoms with van der Waals surface area (Å²) in [5, 5.41) is 10.7. The highest BCUT2D eigenvalue weighted by Crippen LogP contribution is 2.35. The summed E-state index contributed by atoms with van der Waals surface area (Å²) in [6.45, 7) is 5.36. The van der Waals surface area contributed by atoms with Crippen molar-refractivity contribution in [2.75, 3.05) is 32.8 Å². The van der Waals surface area contributed by atoms with E-state index in [1.54, 1.807) is 18.2 Å². The summed E-state index contributed by atoms with van der Waals surface area (Å²) < 4.78 is 14.1. The minimum atomic E-state index is -0.951. The van der Waals surface area contributed by atoms with Gasteiger partial charge in [0.05, 0.1) is 6.10 Å². The van der Waals surface area contributed by atoms with Crippen LogP contribution in [0.5, 0.6) is 5.75 Å². The molecule has 1 atom stereocenters. The molecule has 1 aromatic heterocycles. The van der Waals surface area contributed by atoms with E-state index in [4.69, 9.17) is 9.47 Å². The maximum absolute atomic E-state index is 11.4. The fourth-order valence-corrected chi connectivity index (χ4v) is 5.67. The number of aromatic carboxylic acids is 1. The van der Waals surface area contributed by atoms with Gasteiger partial charge in [0.25, 0.3) is 0 Å². The van der Waals surface area contributed by atoms with Gasteiger partial charge >= 0.3 is 5.97 Å². The Balaban J connectivity index is 1.15. The maximum atomic E-state index is 11.4. The number of para-hydroxylation sites is 2. The topological polar surface area (TPSA) is 63.9 Å². The van der Waals surface area contributed by atoms with Gasteiger partial charge in [0.2, 0.25) is 0 Å². The van der Waals surface area contributed by atoms with Gasteiger partial charge in [-0.1, -0.05) is 30.3 Å². The zero-order valence-electron chi connectivity index (χ0n) is 20.4. The summed E-state index contributed by atoms with van der Waals surface area (Å²) >= 11 is 0. The quantitative estimate of drug-likeness (QED) is 0.415. The molecule has 3 heterocycles. The predicted octanol–water partition coefficient (Wildman–Crippen LogP) is 5.56. The monoisotopic (exact) mass is 476 g/mol. The Hall–Kier alpha value is -2.83. The first kappa shape index (κ1) is 23.9. The molecular formula is C29H36N2O4. The van der Waals surface area contributed by atoms with Crippen LogP contribution in [0.25, 0.3) is 10.9 Å². The maximum Gasteiger partial charge on any atom is 0.339 e. The van der Waals surface area contributed by atoms with Crippen molar-refractivity contribution >= 4 is 16.9 Å². The van der Waals surface area contributed by atoms with Crippen LogP contribution in [0.1, 0.15) is 60.4 Å². The number of aryl methyl sites for hydroxylation is 1. The van der Waals surface area contributed by atoms with Crippen LogP contribution in [0.15, 0.2) is 54.7 Å². The molecule has 1 N–H and O–H groups in total. The lowest BCUT2D eigenvalue weighted by molar-refractivity contribution is 0.0691. The summed E-state index contributed by atoms with van der Waals surface area (Å²) in [5.74, 6) is 0.0684. The van der Waals surface area contributed by atoms with Crippen molar-refractivity contribution in [3.63, 3.8) is 0 Å². The van der Waals surface area contributed by atoms with Gasteiger partial charge in [-0.25, -0.2) is 4.79 Å². The molecule has 1 unspecified atom stereocenters. The van der Waals surface area contributed by atoms with Crippen LogP contribution in [0, 0.1) is 0 Å². The molecule has 2 aromatic carbocycles. The molecule has 6 heteroatoms. The lowest BCUT2D eigenvalue weighted by atomic mass is 9.89. The van der Waals surface area contributed by atoms with Gasteiger partial charge in [-0.3, -0.25) is 4.90 Å². The molecule has 0 bridgehead atoms. The summed E-state index contributed by atoms with van der Waals surface area (Å²) in [6, 6.07) is 15.7. The zero-order valence-corrected chi connectivity index (χ0v) is 20.4. The van der Waals surface area contributed by atoms with E-state index in [9.17, 15) is 9.90 Å². The molecule has 0 amide bonds. The Bertz CT molecular complexity index is 1130. The van der Waals surface area contributed by atoms with E-state index in [1.807, 2.05) is 6.07 Å². The molecule has 0 spiro atoms. The molecule has 5 rings (SSSR count). The Morgan fingerprint density at radius 1 is 1.03 bits per heavy atom. The van der Waals surface area contributed by atoms with Crippen molar-refractivity contribution in [2.24, 2.45) is 0 Å². The Kier molecular flexibility index (Phi) is 7.69. The van der Waals surface area contributed by atoms with Gasteiger partial charge in [-0.15, -0.1) is 0 Å². The van der Waals surface area contributed by atoms with E-state index in [0.29, 0.717) is 24.4 Å². The van der Waals surface area contributed by atoms with Crippen LogP contribution < -0.4 is 4.74 Å². The van der Waals surface area contributed by atoms with E-state index >= 15 is 0 Å². The van der Waals surface area contributed by atoms with E-state index in [1.165, 1.54) is 29.3 Å². The zero-order chi connectivity index (χ0) is 24.0. The van der Waals surface area contributed by atoms with Crippen LogP contribution in [-0.4, -0.2) is 59.5 Å². The average molecular weight is 477 g/mol. The third-order valence-corrected chi connectivity index (χ3v) is 7.58. The van der Waals surface area contributed by atoms with Crippen LogP contribution in [0.3, 0.4) is 0 Å². The molecule has 0 saturated carbocycles. The van der Waals surface area contributed by atoms with Crippen molar-refractivity contribution in [1.29, 1.82) is 0 Å². The second-order valence-electron chi connectivity index (χ2n) is 9.84. The van der Waals surface area contributed by atoms with Gasteiger partial charge in [0, 0.05) is 36.8 Å². The number of carbonyl (C=O) groups is 1. The Morgan fingerprint density at radius 2 is 1.83 bits per heavy atom. The number of carboxylic acids is 1. The lowest BCUT2D eigenvalue weighted by Gasteiger charge is -2.31. The Morgan fingerprint density at radius 3 is 2.63 bits per heavy atom. The number of carboxylic acid groups (broad SMARTS) is 1. The number of fused-ring (bicyclic) bond motifs is 1. The van der Waals surface area contributed by atoms with Gasteiger partial charge in [0.1, 0.15) is 17.9 Å². The minimum Gasteiger partial charge on any atom is -0.491 e. The fraction of sp³-hybridized carbons (Fsp3) is 0.483. The first-order chi connectivity index (χ1) is 17.2. The first-order valence-electron chi connectivity index (χ1n) is 13.1. The number of rotatable bonds is 10. The van der Waals surface area contributed by atoms with Gasteiger partial charge in [-0.2, -0.15) is 0 Å². The van der Waals surface area contributed by atoms with E-state index in [-0.39, 0.29) is 5.56 Å². The Labute approximate surface area is 207 Å². The molecule has 2 fully saturated rings. The predicted molar refractivity (Wildman–Crippen MR) is 137 cm³/mol. The van der Waals surface area contributed by atoms with Crippen LogP contribution in [0.2, 0.25) is 0 Å². The van der Waals surface area contributed by atoms with Crippen molar-refractivity contribution in [3.8, 4) is 5.75 Å². The van der Waals surface area contributed by atoms with Crippen molar-refractivity contribution in [3.05, 3.63) is 65.9 Å². The molecular weight excluding hydrogens is 440 g/mol. The van der Waals surface area contributed by atoms with Gasteiger partial charge in [-0.05, 0) is 81.3 Å². The largest absolute Gasteiger partial charge is 0.491 e. The van der Waals surface area contributed by atoms with Crippen LogP contribution in [-0.2, 0) is 11.3 Å². The van der Waals surface area contributed by atoms with Gasteiger partial charge < -0.3 is 19.1 Å². The molecule has 3 aromatic rings. The summed E-state index contributed by atoms with van der Waals surface area (Å²) in [5.41, 5.74) is 3.06. The number of aromatic nitrogens is 1. The highest BCUT2D eigenvalue weighted by molar-refractivity contribution is 5.90. The highest BCUT2D eigenvalue weighted by Gasteiger charge is 2.24. The molecule has 0 radical (unpaired) electrons.